The highest BCUT2D eigenvalue weighted by atomic mass is 14.9. The summed E-state index contributed by atoms with van der Waals surface area (Å²) in [4.78, 5) is 11.9. The SMILES string of the molecule is Cc1nc2cc(-c3nccc(N)c3N)ccc2[nH]1. The average molecular weight is 239 g/mol. The molecule has 0 aliphatic carbocycles. The van der Waals surface area contributed by atoms with E-state index >= 15 is 0 Å². The third-order valence-electron chi connectivity index (χ3n) is 2.90. The molecule has 2 heterocycles. The average Bonchev–Trinajstić information content (AvgIpc) is 2.71. The van der Waals surface area contributed by atoms with Gasteiger partial charge in [0.2, 0.25) is 0 Å². The van der Waals surface area contributed by atoms with Crippen molar-refractivity contribution < 1.29 is 0 Å². The number of nitrogen functional groups attached to an aromatic ring is 2. The van der Waals surface area contributed by atoms with E-state index in [1.54, 1.807) is 12.3 Å². The van der Waals surface area contributed by atoms with Crippen LogP contribution in [0, 0.1) is 6.92 Å². The maximum Gasteiger partial charge on any atom is 0.104 e. The fraction of sp³-hybridized carbons (Fsp3) is 0.0769. The predicted molar refractivity (Wildman–Crippen MR) is 72.9 cm³/mol. The number of nitrogens with two attached hydrogens (primary N) is 2. The van der Waals surface area contributed by atoms with Crippen molar-refractivity contribution in [2.45, 2.75) is 6.92 Å². The highest BCUT2D eigenvalue weighted by Gasteiger charge is 2.08. The largest absolute Gasteiger partial charge is 0.397 e. The number of rotatable bonds is 1. The molecule has 90 valence electrons. The van der Waals surface area contributed by atoms with Crippen molar-refractivity contribution in [1.29, 1.82) is 0 Å². The van der Waals surface area contributed by atoms with Crippen LogP contribution >= 0.6 is 0 Å². The zero-order valence-corrected chi connectivity index (χ0v) is 9.94. The molecule has 0 saturated heterocycles. The van der Waals surface area contributed by atoms with E-state index in [1.165, 1.54) is 0 Å². The molecule has 3 rings (SSSR count). The number of nitrogens with zero attached hydrogens (tertiary/aromatic N) is 2. The number of pyridine rings is 1. The normalized spacial score (nSPS) is 10.9. The van der Waals surface area contributed by atoms with Gasteiger partial charge in [0.25, 0.3) is 0 Å². The zero-order valence-electron chi connectivity index (χ0n) is 9.94. The molecule has 0 aliphatic rings. The van der Waals surface area contributed by atoms with Gasteiger partial charge < -0.3 is 16.5 Å². The first-order valence-corrected chi connectivity index (χ1v) is 5.62. The van der Waals surface area contributed by atoms with E-state index in [2.05, 4.69) is 15.0 Å². The lowest BCUT2D eigenvalue weighted by atomic mass is 10.1. The Bertz CT molecular complexity index is 729. The van der Waals surface area contributed by atoms with Crippen LogP contribution in [0.1, 0.15) is 5.82 Å². The van der Waals surface area contributed by atoms with Crippen molar-refractivity contribution >= 4 is 22.4 Å². The maximum atomic E-state index is 5.95. The third kappa shape index (κ3) is 1.57. The van der Waals surface area contributed by atoms with Crippen LogP contribution in [0.4, 0.5) is 11.4 Å². The van der Waals surface area contributed by atoms with Gasteiger partial charge in [0.15, 0.2) is 0 Å². The van der Waals surface area contributed by atoms with Crippen molar-refractivity contribution in [3.8, 4) is 11.3 Å². The summed E-state index contributed by atoms with van der Waals surface area (Å²) in [6.45, 7) is 1.92. The Morgan fingerprint density at radius 2 is 2.00 bits per heavy atom. The summed E-state index contributed by atoms with van der Waals surface area (Å²) >= 11 is 0. The summed E-state index contributed by atoms with van der Waals surface area (Å²) in [7, 11) is 0. The molecule has 1 aromatic carbocycles. The van der Waals surface area contributed by atoms with Crippen LogP contribution in [0.25, 0.3) is 22.3 Å². The highest BCUT2D eigenvalue weighted by molar-refractivity contribution is 5.87. The lowest BCUT2D eigenvalue weighted by molar-refractivity contribution is 1.17. The van der Waals surface area contributed by atoms with Crippen LogP contribution in [-0.2, 0) is 0 Å². The fourth-order valence-corrected chi connectivity index (χ4v) is 2.00. The van der Waals surface area contributed by atoms with Crippen LogP contribution in [0.3, 0.4) is 0 Å². The molecular formula is C13H13N5. The molecule has 0 saturated carbocycles. The summed E-state index contributed by atoms with van der Waals surface area (Å²) < 4.78 is 0. The Morgan fingerprint density at radius 1 is 1.17 bits per heavy atom. The Labute approximate surface area is 104 Å². The Hall–Kier alpha value is -2.56. The third-order valence-corrected chi connectivity index (χ3v) is 2.90. The van der Waals surface area contributed by atoms with Gasteiger partial charge >= 0.3 is 0 Å². The zero-order chi connectivity index (χ0) is 12.7. The minimum atomic E-state index is 0.504. The van der Waals surface area contributed by atoms with Gasteiger partial charge in [0.05, 0.1) is 28.1 Å². The van der Waals surface area contributed by atoms with Gasteiger partial charge in [-0.1, -0.05) is 6.07 Å². The molecule has 5 heteroatoms. The number of aromatic amines is 1. The molecule has 0 aliphatic heterocycles. The maximum absolute atomic E-state index is 5.95. The lowest BCUT2D eigenvalue weighted by Crippen LogP contribution is -1.98. The smallest absolute Gasteiger partial charge is 0.104 e. The first-order valence-electron chi connectivity index (χ1n) is 5.62. The van der Waals surface area contributed by atoms with E-state index in [1.807, 2.05) is 25.1 Å². The molecule has 5 N–H and O–H groups in total. The van der Waals surface area contributed by atoms with E-state index in [4.69, 9.17) is 11.5 Å². The number of hydrogen-bond donors (Lipinski definition) is 3. The molecule has 3 aromatic rings. The number of aromatic nitrogens is 3. The quantitative estimate of drug-likeness (QED) is 0.606. The number of imidazole rings is 1. The highest BCUT2D eigenvalue weighted by Crippen LogP contribution is 2.29. The van der Waals surface area contributed by atoms with Gasteiger partial charge in [0, 0.05) is 11.8 Å². The van der Waals surface area contributed by atoms with E-state index in [0.29, 0.717) is 17.1 Å². The molecular weight excluding hydrogens is 226 g/mol. The summed E-state index contributed by atoms with van der Waals surface area (Å²) in [5, 5.41) is 0. The fourth-order valence-electron chi connectivity index (χ4n) is 2.00. The van der Waals surface area contributed by atoms with Gasteiger partial charge in [-0.05, 0) is 25.1 Å². The number of H-pyrrole nitrogens is 1. The minimum Gasteiger partial charge on any atom is -0.397 e. The van der Waals surface area contributed by atoms with E-state index in [0.717, 1.165) is 22.4 Å². The summed E-state index contributed by atoms with van der Waals surface area (Å²) in [6, 6.07) is 7.57. The summed E-state index contributed by atoms with van der Waals surface area (Å²) in [5.41, 5.74) is 16.3. The molecule has 0 spiro atoms. The van der Waals surface area contributed by atoms with Crippen molar-refractivity contribution in [2.75, 3.05) is 11.5 Å². The second kappa shape index (κ2) is 3.73. The first kappa shape index (κ1) is 10.6. The van der Waals surface area contributed by atoms with Crippen LogP contribution in [-0.4, -0.2) is 15.0 Å². The standard InChI is InChI=1S/C13H13N5/c1-7-17-10-3-2-8(6-11(10)18-7)13-12(15)9(14)4-5-16-13/h2-6H,15H2,1H3,(H2,14,16)(H,17,18). The van der Waals surface area contributed by atoms with Crippen molar-refractivity contribution in [2.24, 2.45) is 0 Å². The Kier molecular flexibility index (Phi) is 2.19. The topological polar surface area (TPSA) is 93.6 Å². The Balaban J connectivity index is 2.22. The molecule has 5 nitrogen and oxygen atoms in total. The second-order valence-electron chi connectivity index (χ2n) is 4.22. The summed E-state index contributed by atoms with van der Waals surface area (Å²) in [5.74, 6) is 0.885. The minimum absolute atomic E-state index is 0.504. The lowest BCUT2D eigenvalue weighted by Gasteiger charge is -2.06. The predicted octanol–water partition coefficient (Wildman–Crippen LogP) is 2.10. The molecule has 18 heavy (non-hydrogen) atoms. The number of nitrogens with one attached hydrogen (secondary N) is 1. The molecule has 2 aromatic heterocycles. The molecule has 0 radical (unpaired) electrons. The van der Waals surface area contributed by atoms with Gasteiger partial charge in [0.1, 0.15) is 5.82 Å². The molecule has 0 atom stereocenters. The summed E-state index contributed by atoms with van der Waals surface area (Å²) in [6.07, 6.45) is 1.65. The molecule has 0 amide bonds. The first-order chi connectivity index (χ1) is 8.65. The van der Waals surface area contributed by atoms with Gasteiger partial charge in [-0.3, -0.25) is 4.98 Å². The van der Waals surface area contributed by atoms with Crippen LogP contribution in [0.15, 0.2) is 30.5 Å². The van der Waals surface area contributed by atoms with E-state index < -0.39 is 0 Å². The van der Waals surface area contributed by atoms with Crippen LogP contribution in [0.5, 0.6) is 0 Å². The van der Waals surface area contributed by atoms with Gasteiger partial charge in [-0.15, -0.1) is 0 Å². The number of anilines is 2. The van der Waals surface area contributed by atoms with Gasteiger partial charge in [-0.2, -0.15) is 0 Å². The van der Waals surface area contributed by atoms with Crippen molar-refractivity contribution in [1.82, 2.24) is 15.0 Å². The number of fused-ring (bicyclic) bond motifs is 1. The molecule has 0 fully saturated rings. The number of hydrogen-bond acceptors (Lipinski definition) is 4. The van der Waals surface area contributed by atoms with E-state index in [-0.39, 0.29) is 0 Å². The van der Waals surface area contributed by atoms with Crippen LogP contribution in [0.2, 0.25) is 0 Å². The van der Waals surface area contributed by atoms with Crippen molar-refractivity contribution in [3.63, 3.8) is 0 Å². The molecule has 0 bridgehead atoms. The van der Waals surface area contributed by atoms with E-state index in [9.17, 15) is 0 Å². The monoisotopic (exact) mass is 239 g/mol. The second-order valence-corrected chi connectivity index (χ2v) is 4.22. The van der Waals surface area contributed by atoms with Gasteiger partial charge in [-0.25, -0.2) is 4.98 Å². The molecule has 0 unspecified atom stereocenters. The number of aryl methyl sites for hydroxylation is 1. The Morgan fingerprint density at radius 3 is 2.83 bits per heavy atom. The van der Waals surface area contributed by atoms with Crippen LogP contribution < -0.4 is 11.5 Å². The number of benzene rings is 1. The van der Waals surface area contributed by atoms with Crippen molar-refractivity contribution in [3.05, 3.63) is 36.3 Å².